The number of ether oxygens (including phenoxy) is 1. The maximum absolute atomic E-state index is 12.9. The number of halogens is 4. The van der Waals surface area contributed by atoms with Crippen LogP contribution in [0.15, 0.2) is 47.4 Å². The van der Waals surface area contributed by atoms with Gasteiger partial charge in [0.2, 0.25) is 0 Å². The van der Waals surface area contributed by atoms with E-state index in [-0.39, 0.29) is 28.5 Å². The Balaban J connectivity index is 1.59. The molecule has 0 radical (unpaired) electrons. The Morgan fingerprint density at radius 3 is 2.44 bits per heavy atom. The van der Waals surface area contributed by atoms with E-state index in [0.29, 0.717) is 48.1 Å². The van der Waals surface area contributed by atoms with Gasteiger partial charge < -0.3 is 10.1 Å². The molecular formula is C22H23ClF3NO4S. The third-order valence-electron chi connectivity index (χ3n) is 5.57. The zero-order valence-corrected chi connectivity index (χ0v) is 18.9. The summed E-state index contributed by atoms with van der Waals surface area (Å²) in [6.07, 6.45) is -2.37. The van der Waals surface area contributed by atoms with Gasteiger partial charge in [-0.05, 0) is 68.0 Å². The third kappa shape index (κ3) is 5.95. The van der Waals surface area contributed by atoms with Crippen molar-refractivity contribution in [1.82, 2.24) is 5.32 Å². The second kappa shape index (κ2) is 9.70. The predicted octanol–water partition coefficient (Wildman–Crippen LogP) is 5.13. The first kappa shape index (κ1) is 24.4. The molecule has 1 amide bonds. The van der Waals surface area contributed by atoms with Gasteiger partial charge in [0.1, 0.15) is 5.75 Å². The highest BCUT2D eigenvalue weighted by atomic mass is 35.5. The van der Waals surface area contributed by atoms with Gasteiger partial charge in [-0.2, -0.15) is 13.2 Å². The Kier molecular flexibility index (Phi) is 7.39. The first-order valence-electron chi connectivity index (χ1n) is 10.0. The number of rotatable bonds is 6. The fourth-order valence-electron chi connectivity index (χ4n) is 3.86. The molecule has 1 fully saturated rings. The van der Waals surface area contributed by atoms with Gasteiger partial charge in [-0.15, -0.1) is 0 Å². The van der Waals surface area contributed by atoms with Crippen molar-refractivity contribution in [2.45, 2.75) is 42.8 Å². The first-order chi connectivity index (χ1) is 15.0. The van der Waals surface area contributed by atoms with Crippen molar-refractivity contribution in [3.8, 4) is 5.75 Å². The van der Waals surface area contributed by atoms with E-state index >= 15 is 0 Å². The summed E-state index contributed by atoms with van der Waals surface area (Å²) < 4.78 is 69.2. The number of carbonyl (C=O) groups excluding carboxylic acids is 1. The van der Waals surface area contributed by atoms with E-state index in [9.17, 15) is 26.4 Å². The molecule has 10 heteroatoms. The van der Waals surface area contributed by atoms with Crippen LogP contribution in [0.2, 0.25) is 5.02 Å². The van der Waals surface area contributed by atoms with Crippen molar-refractivity contribution in [3.05, 3.63) is 58.6 Å². The zero-order valence-electron chi connectivity index (χ0n) is 17.3. The summed E-state index contributed by atoms with van der Waals surface area (Å²) in [5.74, 6) is -0.359. The molecule has 0 aliphatic heterocycles. The number of sulfone groups is 1. The summed E-state index contributed by atoms with van der Waals surface area (Å²) in [4.78, 5) is 12.3. The Morgan fingerprint density at radius 2 is 1.81 bits per heavy atom. The molecule has 0 saturated heterocycles. The van der Waals surface area contributed by atoms with E-state index < -0.39 is 21.6 Å². The summed E-state index contributed by atoms with van der Waals surface area (Å²) in [7, 11) is -2.41. The maximum atomic E-state index is 12.9. The van der Waals surface area contributed by atoms with Crippen LogP contribution in [-0.4, -0.2) is 33.2 Å². The van der Waals surface area contributed by atoms with Gasteiger partial charge in [-0.3, -0.25) is 4.79 Å². The Morgan fingerprint density at radius 1 is 1.12 bits per heavy atom. The number of hydrogen-bond acceptors (Lipinski definition) is 4. The number of benzene rings is 2. The zero-order chi connectivity index (χ0) is 23.5. The van der Waals surface area contributed by atoms with E-state index in [0.717, 1.165) is 12.1 Å². The quantitative estimate of drug-likeness (QED) is 0.610. The molecule has 0 aromatic heterocycles. The van der Waals surface area contributed by atoms with Gasteiger partial charge in [-0.1, -0.05) is 17.7 Å². The Labute approximate surface area is 189 Å². The van der Waals surface area contributed by atoms with E-state index in [4.69, 9.17) is 16.3 Å². The summed E-state index contributed by atoms with van der Waals surface area (Å²) >= 11 is 5.92. The smallest absolute Gasteiger partial charge is 0.416 e. The van der Waals surface area contributed by atoms with Gasteiger partial charge in [0, 0.05) is 11.1 Å². The fraction of sp³-hybridized carbons (Fsp3) is 0.409. The molecule has 2 aromatic rings. The molecule has 174 valence electrons. The highest BCUT2D eigenvalue weighted by Gasteiger charge is 2.33. The lowest BCUT2D eigenvalue weighted by molar-refractivity contribution is -0.137. The molecule has 0 bridgehead atoms. The average molecular weight is 490 g/mol. The molecule has 1 N–H and O–H groups in total. The second-order valence-corrected chi connectivity index (χ2v) is 10.3. The molecule has 0 atom stereocenters. The van der Waals surface area contributed by atoms with Crippen LogP contribution in [0.4, 0.5) is 13.2 Å². The third-order valence-corrected chi connectivity index (χ3v) is 7.68. The minimum Gasteiger partial charge on any atom is -0.496 e. The topological polar surface area (TPSA) is 72.5 Å². The Bertz CT molecular complexity index is 1080. The minimum atomic E-state index is -4.60. The van der Waals surface area contributed by atoms with Gasteiger partial charge in [0.15, 0.2) is 9.84 Å². The number of hydrogen-bond donors (Lipinski definition) is 1. The van der Waals surface area contributed by atoms with Crippen molar-refractivity contribution in [2.24, 2.45) is 5.92 Å². The minimum absolute atomic E-state index is 0.129. The normalized spacial score (nSPS) is 19.4. The average Bonchev–Trinajstić information content (AvgIpc) is 2.74. The molecule has 2 aromatic carbocycles. The van der Waals surface area contributed by atoms with Crippen LogP contribution in [0.5, 0.6) is 5.75 Å². The lowest BCUT2D eigenvalue weighted by Gasteiger charge is -2.29. The largest absolute Gasteiger partial charge is 0.496 e. The first-order valence-corrected chi connectivity index (χ1v) is 12.1. The highest BCUT2D eigenvalue weighted by molar-refractivity contribution is 7.91. The number of alkyl halides is 3. The SMILES string of the molecule is COc1cc(Cl)ccc1C(=O)N[C@H]1CC[C@H](CS(=O)(=O)c2cccc(C(F)(F)F)c2)CC1. The van der Waals surface area contributed by atoms with E-state index in [1.54, 1.807) is 18.2 Å². The predicted molar refractivity (Wildman–Crippen MR) is 115 cm³/mol. The number of methoxy groups -OCH3 is 1. The maximum Gasteiger partial charge on any atom is 0.416 e. The van der Waals surface area contributed by atoms with Crippen molar-refractivity contribution in [1.29, 1.82) is 0 Å². The van der Waals surface area contributed by atoms with Crippen molar-refractivity contribution < 1.29 is 31.1 Å². The molecule has 0 spiro atoms. The summed E-state index contributed by atoms with van der Waals surface area (Å²) in [6, 6.07) is 8.41. The molecule has 32 heavy (non-hydrogen) atoms. The molecule has 0 unspecified atom stereocenters. The van der Waals surface area contributed by atoms with Crippen molar-refractivity contribution in [2.75, 3.05) is 12.9 Å². The summed E-state index contributed by atoms with van der Waals surface area (Å²) in [5.41, 5.74) is -0.631. The highest BCUT2D eigenvalue weighted by Crippen LogP contribution is 2.32. The second-order valence-electron chi connectivity index (χ2n) is 7.84. The lowest BCUT2D eigenvalue weighted by Crippen LogP contribution is -2.38. The Hall–Kier alpha value is -2.26. The van der Waals surface area contributed by atoms with Crippen LogP contribution in [0, 0.1) is 5.92 Å². The molecule has 1 aliphatic carbocycles. The lowest BCUT2D eigenvalue weighted by atomic mass is 9.87. The van der Waals surface area contributed by atoms with Crippen molar-refractivity contribution in [3.63, 3.8) is 0 Å². The molecule has 1 saturated carbocycles. The molecule has 3 rings (SSSR count). The molecular weight excluding hydrogens is 467 g/mol. The monoisotopic (exact) mass is 489 g/mol. The fourth-order valence-corrected chi connectivity index (χ4v) is 5.76. The van der Waals surface area contributed by atoms with Crippen LogP contribution < -0.4 is 10.1 Å². The van der Waals surface area contributed by atoms with Crippen LogP contribution >= 0.6 is 11.6 Å². The van der Waals surface area contributed by atoms with Crippen LogP contribution in [-0.2, 0) is 16.0 Å². The van der Waals surface area contributed by atoms with Crippen LogP contribution in [0.25, 0.3) is 0 Å². The summed E-state index contributed by atoms with van der Waals surface area (Å²) in [6.45, 7) is 0. The van der Waals surface area contributed by atoms with E-state index in [1.165, 1.54) is 13.2 Å². The van der Waals surface area contributed by atoms with E-state index in [2.05, 4.69) is 5.32 Å². The number of carbonyl (C=O) groups is 1. The van der Waals surface area contributed by atoms with Gasteiger partial charge in [0.25, 0.3) is 5.91 Å². The molecule has 0 heterocycles. The van der Waals surface area contributed by atoms with Crippen LogP contribution in [0.3, 0.4) is 0 Å². The van der Waals surface area contributed by atoms with Gasteiger partial charge in [0.05, 0.1) is 28.9 Å². The van der Waals surface area contributed by atoms with E-state index in [1.807, 2.05) is 0 Å². The molecule has 1 aliphatic rings. The van der Waals surface area contributed by atoms with Crippen LogP contribution in [0.1, 0.15) is 41.6 Å². The summed E-state index contributed by atoms with van der Waals surface area (Å²) in [5, 5.41) is 3.38. The number of amides is 1. The van der Waals surface area contributed by atoms with Crippen molar-refractivity contribution >= 4 is 27.3 Å². The van der Waals surface area contributed by atoms with Gasteiger partial charge >= 0.3 is 6.18 Å². The standard InChI is InChI=1S/C22H23ClF3NO4S/c1-31-20-12-16(23)7-10-19(20)21(28)27-17-8-5-14(6-9-17)13-32(29,30)18-4-2-3-15(11-18)22(24,25)26/h2-4,7,10-12,14,17H,5-6,8-9,13H2,1H3,(H,27,28)/t14-,17-. The van der Waals surface area contributed by atoms with Gasteiger partial charge in [-0.25, -0.2) is 8.42 Å². The number of nitrogens with one attached hydrogen (secondary N) is 1. The molecule has 5 nitrogen and oxygen atoms in total.